The highest BCUT2D eigenvalue weighted by Gasteiger charge is 2.35. The van der Waals surface area contributed by atoms with Crippen molar-refractivity contribution >= 4 is 29.4 Å². The maximum absolute atomic E-state index is 14.3. The summed E-state index contributed by atoms with van der Waals surface area (Å²) in [7, 11) is 0. The molecule has 0 unspecified atom stereocenters. The Morgan fingerprint density at radius 3 is 2.61 bits per heavy atom. The number of carbonyl (C=O) groups is 1. The van der Waals surface area contributed by atoms with Crippen LogP contribution in [-0.4, -0.2) is 40.2 Å². The zero-order valence-electron chi connectivity index (χ0n) is 15.9. The average molecular weight is 428 g/mol. The quantitative estimate of drug-likeness (QED) is 0.674. The minimum absolute atomic E-state index is 0.127. The summed E-state index contributed by atoms with van der Waals surface area (Å²) in [6.07, 6.45) is 3.48. The van der Waals surface area contributed by atoms with E-state index in [4.69, 9.17) is 4.42 Å². The molecule has 5 rings (SSSR count). The van der Waals surface area contributed by atoms with Gasteiger partial charge in [-0.1, -0.05) is 0 Å². The van der Waals surface area contributed by atoms with Gasteiger partial charge in [0.05, 0.1) is 11.6 Å². The fourth-order valence-corrected chi connectivity index (χ4v) is 3.78. The molecule has 0 radical (unpaired) electrons. The van der Waals surface area contributed by atoms with Gasteiger partial charge in [0.15, 0.2) is 5.58 Å². The third-order valence-electron chi connectivity index (χ3n) is 5.25. The van der Waals surface area contributed by atoms with Gasteiger partial charge in [-0.15, -0.1) is 0 Å². The molecule has 1 saturated heterocycles. The minimum atomic E-state index is -0.721. The van der Waals surface area contributed by atoms with E-state index in [0.717, 1.165) is 17.7 Å². The van der Waals surface area contributed by atoms with Crippen LogP contribution >= 0.6 is 0 Å². The van der Waals surface area contributed by atoms with Crippen molar-refractivity contribution in [2.75, 3.05) is 13.1 Å². The molecule has 31 heavy (non-hydrogen) atoms. The van der Waals surface area contributed by atoms with E-state index in [2.05, 4.69) is 10.1 Å². The van der Waals surface area contributed by atoms with E-state index in [1.54, 1.807) is 6.08 Å². The number of hydrogen-bond donors (Lipinski definition) is 1. The summed E-state index contributed by atoms with van der Waals surface area (Å²) in [5.74, 6) is -2.66. The van der Waals surface area contributed by atoms with Crippen molar-refractivity contribution in [2.45, 2.75) is 12.5 Å². The first kappa shape index (κ1) is 19.2. The van der Waals surface area contributed by atoms with E-state index in [0.29, 0.717) is 17.5 Å². The summed E-state index contributed by atoms with van der Waals surface area (Å²) in [6.45, 7) is 0.517. The van der Waals surface area contributed by atoms with Crippen LogP contribution in [0.15, 0.2) is 50.2 Å². The van der Waals surface area contributed by atoms with E-state index >= 15 is 0 Å². The largest absolute Gasteiger partial charge is 0.417 e. The number of likely N-dealkylation sites (tertiary alicyclic amines) is 1. The number of hydrogen-bond acceptors (Lipinski definition) is 4. The predicted octanol–water partition coefficient (Wildman–Crippen LogP) is 3.79. The SMILES string of the molecule is O=C(N1CC(=Cc2cc3[nH]c(=O)oc3cc2F)C1)N1N=CC[C@H]1c1cc(F)cc(F)c1. The third kappa shape index (κ3) is 3.49. The molecule has 1 atom stereocenters. The van der Waals surface area contributed by atoms with Crippen LogP contribution in [0.25, 0.3) is 17.2 Å². The molecule has 158 valence electrons. The molecule has 0 spiro atoms. The minimum Gasteiger partial charge on any atom is -0.408 e. The Labute approximate surface area is 173 Å². The number of aromatic nitrogens is 1. The van der Waals surface area contributed by atoms with Gasteiger partial charge in [0.1, 0.15) is 17.5 Å². The molecule has 0 bridgehead atoms. The molecular weight excluding hydrogens is 413 g/mol. The molecule has 0 saturated carbocycles. The Balaban J connectivity index is 1.31. The topological polar surface area (TPSA) is 81.9 Å². The molecule has 1 fully saturated rings. The maximum atomic E-state index is 14.3. The van der Waals surface area contributed by atoms with Gasteiger partial charge in [-0.3, -0.25) is 4.98 Å². The Hall–Kier alpha value is -3.82. The second-order valence-corrected chi connectivity index (χ2v) is 7.42. The lowest BCUT2D eigenvalue weighted by molar-refractivity contribution is 0.136. The third-order valence-corrected chi connectivity index (χ3v) is 5.25. The first-order valence-corrected chi connectivity index (χ1v) is 9.46. The molecule has 1 N–H and O–H groups in total. The Bertz CT molecular complexity index is 1300. The molecule has 1 aromatic heterocycles. The zero-order valence-corrected chi connectivity index (χ0v) is 15.9. The number of amides is 2. The van der Waals surface area contributed by atoms with Crippen molar-refractivity contribution < 1.29 is 22.4 Å². The summed E-state index contributed by atoms with van der Waals surface area (Å²) in [5.41, 5.74) is 1.89. The van der Waals surface area contributed by atoms with Crippen LogP contribution in [0.4, 0.5) is 18.0 Å². The first-order chi connectivity index (χ1) is 14.9. The van der Waals surface area contributed by atoms with E-state index in [1.807, 2.05) is 0 Å². The highest BCUT2D eigenvalue weighted by molar-refractivity contribution is 5.81. The second-order valence-electron chi connectivity index (χ2n) is 7.42. The number of nitrogens with zero attached hydrogens (tertiary/aromatic N) is 3. The highest BCUT2D eigenvalue weighted by atomic mass is 19.1. The Morgan fingerprint density at radius 2 is 1.87 bits per heavy atom. The van der Waals surface area contributed by atoms with Gasteiger partial charge < -0.3 is 9.32 Å². The number of rotatable bonds is 2. The fourth-order valence-electron chi connectivity index (χ4n) is 3.78. The molecule has 0 aliphatic carbocycles. The summed E-state index contributed by atoms with van der Waals surface area (Å²) in [4.78, 5) is 28.0. The lowest BCUT2D eigenvalue weighted by atomic mass is 10.0. The van der Waals surface area contributed by atoms with Gasteiger partial charge in [-0.05, 0) is 35.4 Å². The number of nitrogens with one attached hydrogen (secondary N) is 1. The molecule has 10 heteroatoms. The molecule has 3 aromatic rings. The molecular formula is C21H15F3N4O3. The summed E-state index contributed by atoms with van der Waals surface area (Å²) in [6, 6.07) is 4.73. The standard InChI is InChI=1S/C21H15F3N4O3/c22-14-4-13(5-15(23)7-14)18-1-2-25-28(18)21(30)27-9-11(10-27)3-12-6-17-19(8-16(12)24)31-20(29)26-17/h2-8,18H,1,9-10H2,(H,26,29)/t18-/m0/s1. The Kier molecular flexibility index (Phi) is 4.42. The summed E-state index contributed by atoms with van der Waals surface area (Å²) in [5, 5.41) is 5.27. The van der Waals surface area contributed by atoms with Gasteiger partial charge in [0, 0.05) is 43.4 Å². The summed E-state index contributed by atoms with van der Waals surface area (Å²) < 4.78 is 46.2. The lowest BCUT2D eigenvalue weighted by Gasteiger charge is -2.37. The van der Waals surface area contributed by atoms with Crippen molar-refractivity contribution in [3.8, 4) is 0 Å². The molecule has 2 amide bonds. The van der Waals surface area contributed by atoms with Crippen LogP contribution in [0.1, 0.15) is 23.6 Å². The number of hydrazone groups is 1. The predicted molar refractivity (Wildman–Crippen MR) is 106 cm³/mol. The normalized spacial score (nSPS) is 18.0. The number of H-pyrrole nitrogens is 1. The van der Waals surface area contributed by atoms with Crippen LogP contribution in [0.5, 0.6) is 0 Å². The lowest BCUT2D eigenvalue weighted by Crippen LogP contribution is -2.49. The van der Waals surface area contributed by atoms with Crippen molar-refractivity contribution in [1.29, 1.82) is 0 Å². The number of carbonyl (C=O) groups excluding carboxylic acids is 1. The van der Waals surface area contributed by atoms with Crippen molar-refractivity contribution in [3.05, 3.63) is 75.0 Å². The van der Waals surface area contributed by atoms with E-state index in [-0.39, 0.29) is 24.2 Å². The van der Waals surface area contributed by atoms with Crippen molar-refractivity contribution in [1.82, 2.24) is 14.9 Å². The van der Waals surface area contributed by atoms with Gasteiger partial charge in [-0.25, -0.2) is 27.8 Å². The van der Waals surface area contributed by atoms with Crippen LogP contribution in [0.2, 0.25) is 0 Å². The van der Waals surface area contributed by atoms with Crippen LogP contribution in [0.3, 0.4) is 0 Å². The number of halogens is 3. The van der Waals surface area contributed by atoms with E-state index < -0.39 is 35.3 Å². The second kappa shape index (κ2) is 7.15. The number of fused-ring (bicyclic) bond motifs is 1. The fraction of sp³-hybridized carbons (Fsp3) is 0.190. The van der Waals surface area contributed by atoms with Crippen LogP contribution in [0, 0.1) is 17.5 Å². The van der Waals surface area contributed by atoms with Crippen molar-refractivity contribution in [3.63, 3.8) is 0 Å². The molecule has 3 heterocycles. The van der Waals surface area contributed by atoms with Gasteiger partial charge in [0.25, 0.3) is 0 Å². The maximum Gasteiger partial charge on any atom is 0.417 e. The smallest absolute Gasteiger partial charge is 0.408 e. The average Bonchev–Trinajstić information content (AvgIpc) is 3.28. The molecule has 2 aliphatic heterocycles. The van der Waals surface area contributed by atoms with Crippen LogP contribution < -0.4 is 5.76 Å². The van der Waals surface area contributed by atoms with Gasteiger partial charge >= 0.3 is 11.8 Å². The number of benzene rings is 2. The van der Waals surface area contributed by atoms with Gasteiger partial charge in [0.2, 0.25) is 0 Å². The molecule has 2 aliphatic rings. The van der Waals surface area contributed by atoms with Crippen LogP contribution in [-0.2, 0) is 0 Å². The Morgan fingerprint density at radius 1 is 1.13 bits per heavy atom. The zero-order chi connectivity index (χ0) is 21.7. The van der Waals surface area contributed by atoms with E-state index in [1.165, 1.54) is 34.3 Å². The molecule has 7 nitrogen and oxygen atoms in total. The van der Waals surface area contributed by atoms with Crippen molar-refractivity contribution in [2.24, 2.45) is 5.10 Å². The number of aromatic amines is 1. The number of oxazole rings is 1. The first-order valence-electron chi connectivity index (χ1n) is 9.46. The molecule has 2 aromatic carbocycles. The van der Waals surface area contributed by atoms with Gasteiger partial charge in [-0.2, -0.15) is 5.10 Å². The summed E-state index contributed by atoms with van der Waals surface area (Å²) >= 11 is 0. The number of urea groups is 1. The van der Waals surface area contributed by atoms with E-state index in [9.17, 15) is 22.8 Å². The highest BCUT2D eigenvalue weighted by Crippen LogP contribution is 2.32. The monoisotopic (exact) mass is 428 g/mol.